The lowest BCUT2D eigenvalue weighted by molar-refractivity contribution is -0.116. The van der Waals surface area contributed by atoms with Crippen LogP contribution in [-0.4, -0.2) is 10.5 Å². The van der Waals surface area contributed by atoms with E-state index >= 15 is 0 Å². The zero-order chi connectivity index (χ0) is 21.3. The molecular weight excluding hydrogens is 419 g/mol. The highest BCUT2D eigenvalue weighted by Gasteiger charge is 2.11. The highest BCUT2D eigenvalue weighted by molar-refractivity contribution is 6.42. The van der Waals surface area contributed by atoms with Gasteiger partial charge in [0.15, 0.2) is 5.43 Å². The molecule has 0 unspecified atom stereocenters. The van der Waals surface area contributed by atoms with Gasteiger partial charge in [-0.1, -0.05) is 47.0 Å². The molecule has 30 heavy (non-hydrogen) atoms. The van der Waals surface area contributed by atoms with Crippen LogP contribution in [0.15, 0.2) is 65.5 Å². The van der Waals surface area contributed by atoms with Crippen LogP contribution >= 0.6 is 23.2 Å². The van der Waals surface area contributed by atoms with Crippen LogP contribution in [0, 0.1) is 6.92 Å². The van der Waals surface area contributed by atoms with Gasteiger partial charge in [-0.3, -0.25) is 9.59 Å². The summed E-state index contributed by atoms with van der Waals surface area (Å²) >= 11 is 11.9. The largest absolute Gasteiger partial charge is 0.340 e. The minimum Gasteiger partial charge on any atom is -0.340 e. The van der Waals surface area contributed by atoms with E-state index in [-0.39, 0.29) is 11.3 Å². The number of amides is 1. The summed E-state index contributed by atoms with van der Waals surface area (Å²) < 4.78 is 2.12. The second-order valence-corrected chi connectivity index (χ2v) is 8.11. The topological polar surface area (TPSA) is 51.1 Å². The van der Waals surface area contributed by atoms with E-state index in [0.717, 1.165) is 16.6 Å². The molecule has 0 atom stereocenters. The summed E-state index contributed by atoms with van der Waals surface area (Å²) in [6.45, 7) is 2.60. The molecule has 4 aromatic rings. The summed E-state index contributed by atoms with van der Waals surface area (Å²) in [5, 5.41) is 5.08. The third-order valence-electron chi connectivity index (χ3n) is 5.12. The first-order valence-electron chi connectivity index (χ1n) is 9.71. The van der Waals surface area contributed by atoms with Gasteiger partial charge < -0.3 is 9.88 Å². The highest BCUT2D eigenvalue weighted by Crippen LogP contribution is 2.25. The van der Waals surface area contributed by atoms with Gasteiger partial charge in [0.25, 0.3) is 0 Å². The van der Waals surface area contributed by atoms with E-state index < -0.39 is 0 Å². The number of nitrogens with zero attached hydrogens (tertiary/aromatic N) is 1. The Hall–Kier alpha value is -2.82. The normalized spacial score (nSPS) is 11.2. The van der Waals surface area contributed by atoms with Crippen molar-refractivity contribution >= 4 is 56.6 Å². The number of fused-ring (bicyclic) bond motifs is 2. The molecule has 0 aliphatic carbocycles. The molecule has 1 aromatic heterocycles. The number of para-hydroxylation sites is 1. The monoisotopic (exact) mass is 438 g/mol. The zero-order valence-electron chi connectivity index (χ0n) is 16.4. The minimum atomic E-state index is -0.0983. The number of carbonyl (C=O) groups is 1. The molecule has 152 valence electrons. The number of carbonyl (C=O) groups excluding carboxylic acids is 1. The van der Waals surface area contributed by atoms with Gasteiger partial charge in [0.05, 0.1) is 21.1 Å². The molecule has 0 spiro atoms. The maximum absolute atomic E-state index is 12.9. The van der Waals surface area contributed by atoms with Gasteiger partial charge in [0.1, 0.15) is 0 Å². The van der Waals surface area contributed by atoms with Crippen molar-refractivity contribution in [2.75, 3.05) is 5.32 Å². The number of aromatic nitrogens is 1. The van der Waals surface area contributed by atoms with Crippen molar-refractivity contribution in [1.29, 1.82) is 0 Å². The molecule has 0 radical (unpaired) electrons. The smallest absolute Gasteiger partial charge is 0.224 e. The van der Waals surface area contributed by atoms with E-state index in [0.29, 0.717) is 45.9 Å². The van der Waals surface area contributed by atoms with Crippen molar-refractivity contribution in [3.8, 4) is 0 Å². The van der Waals surface area contributed by atoms with E-state index in [1.807, 2.05) is 49.4 Å². The molecule has 4 rings (SSSR count). The molecule has 0 saturated heterocycles. The fourth-order valence-corrected chi connectivity index (χ4v) is 3.98. The Morgan fingerprint density at radius 2 is 1.70 bits per heavy atom. The van der Waals surface area contributed by atoms with Gasteiger partial charge in [-0.2, -0.15) is 0 Å². The average molecular weight is 439 g/mol. The first kappa shape index (κ1) is 20.5. The molecule has 0 bridgehead atoms. The summed E-state index contributed by atoms with van der Waals surface area (Å²) in [4.78, 5) is 25.3. The number of aryl methyl sites for hydroxylation is 2. The lowest BCUT2D eigenvalue weighted by atomic mass is 10.1. The number of hydrogen-bond acceptors (Lipinski definition) is 2. The molecular formula is C24H20Cl2N2O2. The lowest BCUT2D eigenvalue weighted by Crippen LogP contribution is -2.15. The van der Waals surface area contributed by atoms with Gasteiger partial charge in [-0.05, 0) is 55.8 Å². The molecule has 1 heterocycles. The van der Waals surface area contributed by atoms with Crippen molar-refractivity contribution in [3.63, 3.8) is 0 Å². The first-order chi connectivity index (χ1) is 14.4. The second kappa shape index (κ2) is 8.50. The zero-order valence-corrected chi connectivity index (χ0v) is 17.9. The maximum atomic E-state index is 12.9. The Bertz CT molecular complexity index is 1330. The Labute approximate surface area is 184 Å². The van der Waals surface area contributed by atoms with Crippen LogP contribution in [0.4, 0.5) is 5.69 Å². The van der Waals surface area contributed by atoms with E-state index in [4.69, 9.17) is 23.2 Å². The summed E-state index contributed by atoms with van der Waals surface area (Å²) in [5.74, 6) is -0.0983. The Morgan fingerprint density at radius 3 is 2.50 bits per heavy atom. The van der Waals surface area contributed by atoms with Gasteiger partial charge in [0, 0.05) is 29.4 Å². The fourth-order valence-electron chi connectivity index (χ4n) is 3.68. The van der Waals surface area contributed by atoms with Crippen molar-refractivity contribution in [2.45, 2.75) is 26.3 Å². The standard InChI is InChI=1S/C24H20Cl2N2O2/c1-15-8-11-22-18(13-15)24(30)17-5-2-3-6-21(17)28(22)12-4-7-23(29)27-16-9-10-19(25)20(26)14-16/h2-3,5-6,8-11,13-14H,4,7,12H2,1H3,(H,27,29). The van der Waals surface area contributed by atoms with E-state index in [1.165, 1.54) is 0 Å². The minimum absolute atomic E-state index is 0.0397. The van der Waals surface area contributed by atoms with Crippen molar-refractivity contribution < 1.29 is 4.79 Å². The van der Waals surface area contributed by atoms with E-state index in [9.17, 15) is 9.59 Å². The number of benzene rings is 3. The Morgan fingerprint density at radius 1 is 0.933 bits per heavy atom. The van der Waals surface area contributed by atoms with Crippen LogP contribution in [-0.2, 0) is 11.3 Å². The number of rotatable bonds is 5. The van der Waals surface area contributed by atoms with E-state index in [1.54, 1.807) is 18.2 Å². The van der Waals surface area contributed by atoms with Gasteiger partial charge in [-0.25, -0.2) is 0 Å². The highest BCUT2D eigenvalue weighted by atomic mass is 35.5. The van der Waals surface area contributed by atoms with Crippen LogP contribution < -0.4 is 10.7 Å². The summed E-state index contributed by atoms with van der Waals surface area (Å²) in [6, 6.07) is 18.5. The SMILES string of the molecule is Cc1ccc2c(c1)c(=O)c1ccccc1n2CCCC(=O)Nc1ccc(Cl)c(Cl)c1. The van der Waals surface area contributed by atoms with Crippen LogP contribution in [0.25, 0.3) is 21.8 Å². The van der Waals surface area contributed by atoms with Gasteiger partial charge in [0.2, 0.25) is 5.91 Å². The number of pyridine rings is 1. The molecule has 0 aliphatic rings. The Kier molecular flexibility index (Phi) is 5.80. The quantitative estimate of drug-likeness (QED) is 0.377. The molecule has 3 aromatic carbocycles. The Balaban J connectivity index is 1.57. The number of nitrogens with one attached hydrogen (secondary N) is 1. The number of halogens is 2. The predicted molar refractivity (Wildman–Crippen MR) is 125 cm³/mol. The summed E-state index contributed by atoms with van der Waals surface area (Å²) in [6.07, 6.45) is 0.969. The number of hydrogen-bond donors (Lipinski definition) is 1. The molecule has 6 heteroatoms. The lowest BCUT2D eigenvalue weighted by Gasteiger charge is -2.15. The fraction of sp³-hybridized carbons (Fsp3) is 0.167. The summed E-state index contributed by atoms with van der Waals surface area (Å²) in [5.41, 5.74) is 3.46. The van der Waals surface area contributed by atoms with Crippen LogP contribution in [0.1, 0.15) is 18.4 Å². The van der Waals surface area contributed by atoms with Crippen LogP contribution in [0.5, 0.6) is 0 Å². The maximum Gasteiger partial charge on any atom is 0.224 e. The molecule has 0 aliphatic heterocycles. The first-order valence-corrected chi connectivity index (χ1v) is 10.5. The predicted octanol–water partition coefficient (Wildman–Crippen LogP) is 6.19. The van der Waals surface area contributed by atoms with Crippen molar-refractivity contribution in [1.82, 2.24) is 4.57 Å². The van der Waals surface area contributed by atoms with Crippen molar-refractivity contribution in [2.24, 2.45) is 0 Å². The summed E-state index contributed by atoms with van der Waals surface area (Å²) in [7, 11) is 0. The molecule has 1 N–H and O–H groups in total. The van der Waals surface area contributed by atoms with Crippen molar-refractivity contribution in [3.05, 3.63) is 86.5 Å². The second-order valence-electron chi connectivity index (χ2n) is 7.30. The molecule has 1 amide bonds. The molecule has 0 saturated carbocycles. The average Bonchev–Trinajstić information content (AvgIpc) is 2.73. The molecule has 4 nitrogen and oxygen atoms in total. The third-order valence-corrected chi connectivity index (χ3v) is 5.85. The molecule has 0 fully saturated rings. The van der Waals surface area contributed by atoms with Gasteiger partial charge in [-0.15, -0.1) is 0 Å². The van der Waals surface area contributed by atoms with Crippen LogP contribution in [0.2, 0.25) is 10.0 Å². The third kappa shape index (κ3) is 4.07. The van der Waals surface area contributed by atoms with E-state index in [2.05, 4.69) is 9.88 Å². The van der Waals surface area contributed by atoms with Gasteiger partial charge >= 0.3 is 0 Å². The van der Waals surface area contributed by atoms with Crippen LogP contribution in [0.3, 0.4) is 0 Å². The number of anilines is 1.